The molecule has 134 valence electrons. The molecule has 2 heterocycles. The standard InChI is InChI=1S/C19H18N2O5/c1-10(22)13(11(2)23)16-14(12-8-6-5-7-9-12)15-17(24)20(3)19(25)21(4)18(15)26-16/h5-9,22H,1-4H3/b13-10+. The van der Waals surface area contributed by atoms with Crippen LogP contribution in [0.2, 0.25) is 0 Å². The zero-order valence-corrected chi connectivity index (χ0v) is 14.9. The van der Waals surface area contributed by atoms with Crippen molar-refractivity contribution < 1.29 is 14.3 Å². The third-order valence-corrected chi connectivity index (χ3v) is 4.29. The number of furan rings is 1. The van der Waals surface area contributed by atoms with Crippen LogP contribution in [-0.4, -0.2) is 20.0 Å². The predicted molar refractivity (Wildman–Crippen MR) is 98.0 cm³/mol. The zero-order chi connectivity index (χ0) is 19.2. The van der Waals surface area contributed by atoms with Crippen LogP contribution in [-0.2, 0) is 18.9 Å². The zero-order valence-electron chi connectivity index (χ0n) is 14.9. The SMILES string of the molecule is CC(=O)/C(=C(/C)O)c1oc2c(c1-c1ccccc1)c(=O)n(C)c(=O)n2C. The molecule has 0 unspecified atom stereocenters. The normalized spacial score (nSPS) is 12.3. The average Bonchev–Trinajstić information content (AvgIpc) is 2.98. The van der Waals surface area contributed by atoms with Gasteiger partial charge in [-0.2, -0.15) is 0 Å². The van der Waals surface area contributed by atoms with Crippen molar-refractivity contribution in [1.29, 1.82) is 0 Å². The maximum atomic E-state index is 12.8. The van der Waals surface area contributed by atoms with Gasteiger partial charge in [-0.3, -0.25) is 18.7 Å². The van der Waals surface area contributed by atoms with Crippen molar-refractivity contribution in [2.75, 3.05) is 0 Å². The van der Waals surface area contributed by atoms with Gasteiger partial charge in [-0.05, 0) is 19.4 Å². The molecule has 0 spiro atoms. The molecular formula is C19H18N2O5. The second-order valence-electron chi connectivity index (χ2n) is 6.07. The van der Waals surface area contributed by atoms with E-state index in [0.717, 1.165) is 4.57 Å². The maximum absolute atomic E-state index is 12.8. The molecule has 0 fully saturated rings. The van der Waals surface area contributed by atoms with Crippen molar-refractivity contribution in [3.05, 3.63) is 62.7 Å². The van der Waals surface area contributed by atoms with Gasteiger partial charge in [0.1, 0.15) is 11.1 Å². The summed E-state index contributed by atoms with van der Waals surface area (Å²) in [5.41, 5.74) is -0.0548. The number of aryl methyl sites for hydroxylation is 1. The van der Waals surface area contributed by atoms with Gasteiger partial charge in [0.15, 0.2) is 11.5 Å². The van der Waals surface area contributed by atoms with Crippen LogP contribution in [0.4, 0.5) is 0 Å². The number of aliphatic hydroxyl groups excluding tert-OH is 1. The van der Waals surface area contributed by atoms with Crippen LogP contribution in [0.5, 0.6) is 0 Å². The van der Waals surface area contributed by atoms with E-state index in [1.54, 1.807) is 24.3 Å². The van der Waals surface area contributed by atoms with Gasteiger partial charge in [-0.1, -0.05) is 30.3 Å². The quantitative estimate of drug-likeness (QED) is 0.576. The Balaban J connectivity index is 2.63. The van der Waals surface area contributed by atoms with E-state index in [4.69, 9.17) is 4.42 Å². The minimum atomic E-state index is -0.545. The molecule has 1 N–H and O–H groups in total. The number of carbonyl (C=O) groups excluding carboxylic acids is 1. The Hall–Kier alpha value is -3.35. The van der Waals surface area contributed by atoms with Gasteiger partial charge in [0.25, 0.3) is 5.56 Å². The van der Waals surface area contributed by atoms with E-state index in [-0.39, 0.29) is 28.2 Å². The molecule has 0 aliphatic carbocycles. The Kier molecular flexibility index (Phi) is 4.15. The number of rotatable bonds is 3. The van der Waals surface area contributed by atoms with Crippen LogP contribution in [0.15, 0.2) is 50.1 Å². The molecule has 7 heteroatoms. The summed E-state index contributed by atoms with van der Waals surface area (Å²) < 4.78 is 7.99. The van der Waals surface area contributed by atoms with Gasteiger partial charge < -0.3 is 9.52 Å². The number of hydrogen-bond acceptors (Lipinski definition) is 5. The van der Waals surface area contributed by atoms with Crippen LogP contribution in [0.3, 0.4) is 0 Å². The van der Waals surface area contributed by atoms with E-state index in [2.05, 4.69) is 0 Å². The van der Waals surface area contributed by atoms with Crippen LogP contribution >= 0.6 is 0 Å². The second-order valence-corrected chi connectivity index (χ2v) is 6.07. The lowest BCUT2D eigenvalue weighted by molar-refractivity contribution is -0.112. The summed E-state index contributed by atoms with van der Waals surface area (Å²) >= 11 is 0. The van der Waals surface area contributed by atoms with Crippen molar-refractivity contribution in [2.24, 2.45) is 14.1 Å². The molecule has 0 saturated carbocycles. The number of hydrogen-bond donors (Lipinski definition) is 1. The molecule has 3 aromatic rings. The lowest BCUT2D eigenvalue weighted by atomic mass is 9.97. The summed E-state index contributed by atoms with van der Waals surface area (Å²) in [5, 5.41) is 10.2. The molecular weight excluding hydrogens is 336 g/mol. The Morgan fingerprint density at radius 3 is 2.19 bits per heavy atom. The molecule has 3 rings (SSSR count). The minimum Gasteiger partial charge on any atom is -0.512 e. The van der Waals surface area contributed by atoms with E-state index in [1.165, 1.54) is 32.5 Å². The lowest BCUT2D eigenvalue weighted by Gasteiger charge is -2.06. The Morgan fingerprint density at radius 1 is 1.04 bits per heavy atom. The Bertz CT molecular complexity index is 1170. The Labute approximate surface area is 148 Å². The number of benzene rings is 1. The highest BCUT2D eigenvalue weighted by Crippen LogP contribution is 2.37. The van der Waals surface area contributed by atoms with E-state index < -0.39 is 17.0 Å². The van der Waals surface area contributed by atoms with Gasteiger partial charge in [-0.25, -0.2) is 4.79 Å². The molecule has 1 aromatic carbocycles. The number of nitrogens with zero attached hydrogens (tertiary/aromatic N) is 2. The van der Waals surface area contributed by atoms with Gasteiger partial charge in [0.05, 0.1) is 5.57 Å². The van der Waals surface area contributed by atoms with Crippen LogP contribution in [0.1, 0.15) is 19.6 Å². The molecule has 0 atom stereocenters. The van der Waals surface area contributed by atoms with E-state index in [1.807, 2.05) is 6.07 Å². The minimum absolute atomic E-state index is 0.0328. The average molecular weight is 354 g/mol. The Morgan fingerprint density at radius 2 is 1.65 bits per heavy atom. The van der Waals surface area contributed by atoms with Crippen LogP contribution < -0.4 is 11.2 Å². The molecule has 0 saturated heterocycles. The first-order chi connectivity index (χ1) is 12.3. The summed E-state index contributed by atoms with van der Waals surface area (Å²) in [6.45, 7) is 2.67. The van der Waals surface area contributed by atoms with Gasteiger partial charge in [-0.15, -0.1) is 0 Å². The number of Topliss-reactive ketones (excluding diaryl/α,β-unsaturated/α-hetero) is 1. The second kappa shape index (κ2) is 6.18. The van der Waals surface area contributed by atoms with Gasteiger partial charge in [0, 0.05) is 19.7 Å². The topological polar surface area (TPSA) is 94.4 Å². The fraction of sp³-hybridized carbons (Fsp3) is 0.211. The number of carbonyl (C=O) groups is 1. The van der Waals surface area contributed by atoms with E-state index in [9.17, 15) is 19.5 Å². The largest absolute Gasteiger partial charge is 0.512 e. The lowest BCUT2D eigenvalue weighted by Crippen LogP contribution is -2.36. The third kappa shape index (κ3) is 2.48. The smallest absolute Gasteiger partial charge is 0.333 e. The highest BCUT2D eigenvalue weighted by atomic mass is 16.4. The van der Waals surface area contributed by atoms with E-state index >= 15 is 0 Å². The van der Waals surface area contributed by atoms with Crippen molar-refractivity contribution >= 4 is 22.5 Å². The fourth-order valence-electron chi connectivity index (χ4n) is 3.06. The maximum Gasteiger partial charge on any atom is 0.333 e. The first-order valence-electron chi connectivity index (χ1n) is 7.94. The molecule has 7 nitrogen and oxygen atoms in total. The number of aliphatic hydroxyl groups is 1. The molecule has 0 amide bonds. The van der Waals surface area contributed by atoms with Crippen LogP contribution in [0.25, 0.3) is 27.8 Å². The number of aromatic nitrogens is 2. The third-order valence-electron chi connectivity index (χ3n) is 4.29. The van der Waals surface area contributed by atoms with Crippen LogP contribution in [0, 0.1) is 0 Å². The molecule has 0 radical (unpaired) electrons. The molecule has 26 heavy (non-hydrogen) atoms. The van der Waals surface area contributed by atoms with Gasteiger partial charge >= 0.3 is 5.69 Å². The highest BCUT2D eigenvalue weighted by Gasteiger charge is 2.27. The summed E-state index contributed by atoms with van der Waals surface area (Å²) in [6, 6.07) is 8.92. The number of ketones is 1. The van der Waals surface area contributed by atoms with Crippen molar-refractivity contribution in [3.63, 3.8) is 0 Å². The predicted octanol–water partition coefficient (Wildman–Crippen LogP) is 2.38. The van der Waals surface area contributed by atoms with E-state index in [0.29, 0.717) is 11.1 Å². The van der Waals surface area contributed by atoms with Gasteiger partial charge in [0.2, 0.25) is 5.71 Å². The number of fused-ring (bicyclic) bond motifs is 1. The number of allylic oxidation sites excluding steroid dienone is 2. The molecule has 2 aromatic heterocycles. The molecule has 0 aliphatic heterocycles. The monoisotopic (exact) mass is 354 g/mol. The summed E-state index contributed by atoms with van der Waals surface area (Å²) in [4.78, 5) is 37.2. The first-order valence-corrected chi connectivity index (χ1v) is 7.94. The summed E-state index contributed by atoms with van der Waals surface area (Å²) in [7, 11) is 2.86. The molecule has 0 bridgehead atoms. The van der Waals surface area contributed by atoms with Crippen molar-refractivity contribution in [1.82, 2.24) is 9.13 Å². The van der Waals surface area contributed by atoms with Crippen molar-refractivity contribution in [3.8, 4) is 11.1 Å². The molecule has 0 aliphatic rings. The first kappa shape index (κ1) is 17.5. The van der Waals surface area contributed by atoms with Crippen molar-refractivity contribution in [2.45, 2.75) is 13.8 Å². The highest BCUT2D eigenvalue weighted by molar-refractivity contribution is 6.22. The summed E-state index contributed by atoms with van der Waals surface area (Å²) in [6.07, 6.45) is 0. The fourth-order valence-corrected chi connectivity index (χ4v) is 3.06. The summed E-state index contributed by atoms with van der Waals surface area (Å²) in [5.74, 6) is -0.573.